The summed E-state index contributed by atoms with van der Waals surface area (Å²) < 4.78 is 0. The van der Waals surface area contributed by atoms with Crippen molar-refractivity contribution in [2.45, 2.75) is 12.5 Å². The number of hydrogen-bond acceptors (Lipinski definition) is 2. The molecule has 0 aliphatic carbocycles. The smallest absolute Gasteiger partial charge is 0.0361 e. The van der Waals surface area contributed by atoms with Crippen LogP contribution in [0.25, 0.3) is 0 Å². The standard InChI is InChI=1S/C17H22N2/c1-18-17(13-14-7-5-4-6-8-14)15-9-11-16(12-10-15)19(2)3/h4-12,17-18H,13H2,1-3H3. The van der Waals surface area contributed by atoms with E-state index in [1.54, 1.807) is 0 Å². The first kappa shape index (κ1) is 13.6. The molecule has 1 N–H and O–H groups in total. The Balaban J connectivity index is 2.13. The summed E-state index contributed by atoms with van der Waals surface area (Å²) in [4.78, 5) is 2.12. The van der Waals surface area contributed by atoms with Crippen LogP contribution in [0.3, 0.4) is 0 Å². The van der Waals surface area contributed by atoms with Gasteiger partial charge in [-0.1, -0.05) is 42.5 Å². The summed E-state index contributed by atoms with van der Waals surface area (Å²) >= 11 is 0. The molecule has 1 atom stereocenters. The van der Waals surface area contributed by atoms with E-state index in [2.05, 4.69) is 78.9 Å². The molecule has 0 spiro atoms. The molecule has 0 aliphatic heterocycles. The van der Waals surface area contributed by atoms with E-state index in [4.69, 9.17) is 0 Å². The quantitative estimate of drug-likeness (QED) is 0.881. The predicted molar refractivity (Wildman–Crippen MR) is 82.7 cm³/mol. The van der Waals surface area contributed by atoms with Gasteiger partial charge in [0.15, 0.2) is 0 Å². The average Bonchev–Trinajstić information content (AvgIpc) is 2.46. The number of hydrogen-bond donors (Lipinski definition) is 1. The topological polar surface area (TPSA) is 15.3 Å². The van der Waals surface area contributed by atoms with Crippen molar-refractivity contribution >= 4 is 5.69 Å². The molecule has 2 nitrogen and oxygen atoms in total. The molecule has 2 aromatic carbocycles. The van der Waals surface area contributed by atoms with Crippen LogP contribution in [0, 0.1) is 0 Å². The monoisotopic (exact) mass is 254 g/mol. The van der Waals surface area contributed by atoms with E-state index in [0.717, 1.165) is 6.42 Å². The summed E-state index contributed by atoms with van der Waals surface area (Å²) in [5, 5.41) is 3.40. The third kappa shape index (κ3) is 3.58. The number of anilines is 1. The van der Waals surface area contributed by atoms with Crippen LogP contribution < -0.4 is 10.2 Å². The summed E-state index contributed by atoms with van der Waals surface area (Å²) in [6.45, 7) is 0. The lowest BCUT2D eigenvalue weighted by Gasteiger charge is -2.19. The van der Waals surface area contributed by atoms with Crippen molar-refractivity contribution in [3.8, 4) is 0 Å². The van der Waals surface area contributed by atoms with Crippen LogP contribution >= 0.6 is 0 Å². The number of benzene rings is 2. The Morgan fingerprint density at radius 2 is 1.58 bits per heavy atom. The summed E-state index contributed by atoms with van der Waals surface area (Å²) in [5.74, 6) is 0. The third-order valence-corrected chi connectivity index (χ3v) is 3.44. The van der Waals surface area contributed by atoms with Gasteiger partial charge in [0.2, 0.25) is 0 Å². The first-order chi connectivity index (χ1) is 9.20. The lowest BCUT2D eigenvalue weighted by atomic mass is 9.99. The van der Waals surface area contributed by atoms with Crippen LogP contribution in [-0.2, 0) is 6.42 Å². The molecule has 0 fully saturated rings. The van der Waals surface area contributed by atoms with Crippen molar-refractivity contribution in [3.63, 3.8) is 0 Å². The normalized spacial score (nSPS) is 12.2. The first-order valence-electron chi connectivity index (χ1n) is 6.69. The van der Waals surface area contributed by atoms with E-state index < -0.39 is 0 Å². The predicted octanol–water partition coefficient (Wildman–Crippen LogP) is 3.26. The van der Waals surface area contributed by atoms with Crippen molar-refractivity contribution < 1.29 is 0 Å². The van der Waals surface area contributed by atoms with Crippen LogP contribution in [0.15, 0.2) is 54.6 Å². The summed E-state index contributed by atoms with van der Waals surface area (Å²) in [6, 6.07) is 19.7. The first-order valence-corrected chi connectivity index (χ1v) is 6.69. The molecule has 2 rings (SSSR count). The molecule has 0 amide bonds. The van der Waals surface area contributed by atoms with Crippen molar-refractivity contribution in [3.05, 3.63) is 65.7 Å². The Morgan fingerprint density at radius 1 is 0.947 bits per heavy atom. The fourth-order valence-corrected chi connectivity index (χ4v) is 2.24. The molecule has 0 radical (unpaired) electrons. The Hall–Kier alpha value is -1.80. The van der Waals surface area contributed by atoms with Gasteiger partial charge in [0.05, 0.1) is 0 Å². The van der Waals surface area contributed by atoms with E-state index in [1.165, 1.54) is 16.8 Å². The summed E-state index contributed by atoms with van der Waals surface area (Å²) in [6.07, 6.45) is 1.01. The number of nitrogens with one attached hydrogen (secondary N) is 1. The molecule has 2 aromatic rings. The molecule has 0 aliphatic rings. The Labute approximate surface area is 116 Å². The molecule has 100 valence electrons. The minimum atomic E-state index is 0.360. The van der Waals surface area contributed by atoms with E-state index in [0.29, 0.717) is 6.04 Å². The average molecular weight is 254 g/mol. The van der Waals surface area contributed by atoms with Gasteiger partial charge in [-0.3, -0.25) is 0 Å². The zero-order valence-electron chi connectivity index (χ0n) is 11.9. The minimum absolute atomic E-state index is 0.360. The fourth-order valence-electron chi connectivity index (χ4n) is 2.24. The van der Waals surface area contributed by atoms with Gasteiger partial charge in [-0.15, -0.1) is 0 Å². The van der Waals surface area contributed by atoms with Crippen LogP contribution in [0.5, 0.6) is 0 Å². The van der Waals surface area contributed by atoms with Gasteiger partial charge < -0.3 is 10.2 Å². The maximum absolute atomic E-state index is 3.40. The third-order valence-electron chi connectivity index (χ3n) is 3.44. The van der Waals surface area contributed by atoms with Crippen LogP contribution in [0.2, 0.25) is 0 Å². The van der Waals surface area contributed by atoms with Crippen LogP contribution in [0.4, 0.5) is 5.69 Å². The van der Waals surface area contributed by atoms with Crippen LogP contribution in [0.1, 0.15) is 17.2 Å². The van der Waals surface area contributed by atoms with Crippen molar-refractivity contribution in [2.24, 2.45) is 0 Å². The summed E-state index contributed by atoms with van der Waals surface area (Å²) in [7, 11) is 6.15. The molecule has 0 aromatic heterocycles. The van der Waals surface area contributed by atoms with Gasteiger partial charge in [0.25, 0.3) is 0 Å². The second-order valence-corrected chi connectivity index (χ2v) is 5.02. The highest BCUT2D eigenvalue weighted by atomic mass is 15.1. The molecule has 1 unspecified atom stereocenters. The van der Waals surface area contributed by atoms with Crippen molar-refractivity contribution in [2.75, 3.05) is 26.0 Å². The zero-order valence-corrected chi connectivity index (χ0v) is 11.9. The molecule has 0 saturated heterocycles. The lowest BCUT2D eigenvalue weighted by molar-refractivity contribution is 0.592. The molecular formula is C17H22N2. The Kier molecular flexibility index (Phi) is 4.58. The van der Waals surface area contributed by atoms with Gasteiger partial charge in [0, 0.05) is 25.8 Å². The highest BCUT2D eigenvalue weighted by Gasteiger charge is 2.10. The minimum Gasteiger partial charge on any atom is -0.378 e. The highest BCUT2D eigenvalue weighted by Crippen LogP contribution is 2.21. The van der Waals surface area contributed by atoms with Crippen molar-refractivity contribution in [1.29, 1.82) is 0 Å². The van der Waals surface area contributed by atoms with Gasteiger partial charge in [-0.25, -0.2) is 0 Å². The largest absolute Gasteiger partial charge is 0.378 e. The van der Waals surface area contributed by atoms with E-state index in [-0.39, 0.29) is 0 Å². The number of nitrogens with zero attached hydrogens (tertiary/aromatic N) is 1. The Morgan fingerprint density at radius 3 is 2.11 bits per heavy atom. The summed E-state index contributed by atoms with van der Waals surface area (Å²) in [5.41, 5.74) is 3.92. The maximum Gasteiger partial charge on any atom is 0.0361 e. The maximum atomic E-state index is 3.40. The second kappa shape index (κ2) is 6.39. The lowest BCUT2D eigenvalue weighted by Crippen LogP contribution is -2.19. The van der Waals surface area contributed by atoms with Gasteiger partial charge >= 0.3 is 0 Å². The van der Waals surface area contributed by atoms with Gasteiger partial charge in [-0.05, 0) is 36.7 Å². The van der Waals surface area contributed by atoms with Crippen molar-refractivity contribution in [1.82, 2.24) is 5.32 Å². The number of likely N-dealkylation sites (N-methyl/N-ethyl adjacent to an activating group) is 1. The fraction of sp³-hybridized carbons (Fsp3) is 0.294. The van der Waals surface area contributed by atoms with Gasteiger partial charge in [-0.2, -0.15) is 0 Å². The Bertz CT molecular complexity index is 488. The second-order valence-electron chi connectivity index (χ2n) is 5.02. The molecule has 19 heavy (non-hydrogen) atoms. The highest BCUT2D eigenvalue weighted by molar-refractivity contribution is 5.46. The molecule has 0 saturated carbocycles. The van der Waals surface area contributed by atoms with E-state index >= 15 is 0 Å². The zero-order chi connectivity index (χ0) is 13.7. The van der Waals surface area contributed by atoms with E-state index in [9.17, 15) is 0 Å². The van der Waals surface area contributed by atoms with E-state index in [1.807, 2.05) is 7.05 Å². The molecule has 2 heteroatoms. The number of rotatable bonds is 5. The molecule has 0 heterocycles. The molecular weight excluding hydrogens is 232 g/mol. The SMILES string of the molecule is CNC(Cc1ccccc1)c1ccc(N(C)C)cc1. The van der Waals surface area contributed by atoms with Crippen LogP contribution in [-0.4, -0.2) is 21.1 Å². The van der Waals surface area contributed by atoms with Gasteiger partial charge in [0.1, 0.15) is 0 Å². The molecule has 0 bridgehead atoms.